The number of fused-ring (bicyclic) bond motifs is 1. The number of halogens is 1. The van der Waals surface area contributed by atoms with Crippen molar-refractivity contribution in [3.63, 3.8) is 0 Å². The van der Waals surface area contributed by atoms with Crippen LogP contribution >= 0.6 is 11.6 Å². The minimum Gasteiger partial charge on any atom is -0.343 e. The Morgan fingerprint density at radius 2 is 1.67 bits per heavy atom. The SMILES string of the molecule is O=C(NC(Cc1ccc(Cl)cc1)C(=O)N1CCC(c2ccccc2-n2cc[nH]c2=O)CC1)C1Cc2ccccc2CN1. The second-order valence-electron chi connectivity index (χ2n) is 11.1. The molecule has 0 radical (unpaired) electrons. The van der Waals surface area contributed by atoms with Crippen LogP contribution < -0.4 is 16.3 Å². The van der Waals surface area contributed by atoms with Crippen LogP contribution in [0.25, 0.3) is 5.69 Å². The van der Waals surface area contributed by atoms with Gasteiger partial charge in [-0.05, 0) is 65.6 Å². The number of amides is 2. The zero-order valence-electron chi connectivity index (χ0n) is 23.3. The number of hydrogen-bond acceptors (Lipinski definition) is 4. The maximum absolute atomic E-state index is 13.9. The van der Waals surface area contributed by atoms with Gasteiger partial charge < -0.3 is 20.5 Å². The molecule has 0 bridgehead atoms. The lowest BCUT2D eigenvalue weighted by atomic mass is 9.88. The zero-order chi connectivity index (χ0) is 29.1. The summed E-state index contributed by atoms with van der Waals surface area (Å²) in [7, 11) is 0. The van der Waals surface area contributed by atoms with Gasteiger partial charge in [-0.1, -0.05) is 66.2 Å². The van der Waals surface area contributed by atoms with E-state index in [-0.39, 0.29) is 23.4 Å². The molecular weight excluding hydrogens is 550 g/mol. The van der Waals surface area contributed by atoms with Gasteiger partial charge in [0.1, 0.15) is 6.04 Å². The van der Waals surface area contributed by atoms with E-state index in [0.29, 0.717) is 37.5 Å². The van der Waals surface area contributed by atoms with Crippen LogP contribution in [0.5, 0.6) is 0 Å². The number of imidazole rings is 1. The van der Waals surface area contributed by atoms with Gasteiger partial charge in [-0.3, -0.25) is 14.2 Å². The van der Waals surface area contributed by atoms with E-state index < -0.39 is 12.1 Å². The molecule has 3 heterocycles. The standard InChI is InChI=1S/C33H34ClN5O3/c34-26-11-9-22(10-12-26)19-29(37-31(40)28-20-24-5-1-2-6-25(24)21-36-28)32(41)38-16-13-23(14-17-38)27-7-3-4-8-30(27)39-18-15-35-33(39)42/h1-12,15,18,23,28-29,36H,13-14,16-17,19-21H2,(H,35,42)(H,37,40). The van der Waals surface area contributed by atoms with E-state index in [1.807, 2.05) is 47.4 Å². The summed E-state index contributed by atoms with van der Waals surface area (Å²) in [5.74, 6) is -0.0384. The number of carbonyl (C=O) groups excluding carboxylic acids is 2. The first kappa shape index (κ1) is 28.0. The number of para-hydroxylation sites is 1. The number of aromatic amines is 1. The minimum atomic E-state index is -0.695. The van der Waals surface area contributed by atoms with E-state index in [1.165, 1.54) is 5.56 Å². The maximum atomic E-state index is 13.9. The summed E-state index contributed by atoms with van der Waals surface area (Å²) in [6.45, 7) is 1.76. The smallest absolute Gasteiger partial charge is 0.330 e. The van der Waals surface area contributed by atoms with Gasteiger partial charge in [0.25, 0.3) is 0 Å². The summed E-state index contributed by atoms with van der Waals surface area (Å²) in [4.78, 5) is 44.3. The van der Waals surface area contributed by atoms with Crippen LogP contribution in [0.4, 0.5) is 0 Å². The first-order valence-corrected chi connectivity index (χ1v) is 14.8. The third kappa shape index (κ3) is 6.05. The van der Waals surface area contributed by atoms with Crippen LogP contribution in [0.3, 0.4) is 0 Å². The highest BCUT2D eigenvalue weighted by Crippen LogP contribution is 2.32. The maximum Gasteiger partial charge on any atom is 0.330 e. The van der Waals surface area contributed by atoms with Crippen molar-refractivity contribution in [1.82, 2.24) is 25.1 Å². The van der Waals surface area contributed by atoms with Gasteiger partial charge >= 0.3 is 5.69 Å². The van der Waals surface area contributed by atoms with Crippen molar-refractivity contribution in [2.75, 3.05) is 13.1 Å². The Morgan fingerprint density at radius 1 is 0.952 bits per heavy atom. The summed E-state index contributed by atoms with van der Waals surface area (Å²) in [5.41, 5.74) is 5.07. The third-order valence-corrected chi connectivity index (χ3v) is 8.71. The molecule has 3 N–H and O–H groups in total. The average molecular weight is 584 g/mol. The summed E-state index contributed by atoms with van der Waals surface area (Å²) in [5, 5.41) is 7.05. The second-order valence-corrected chi connectivity index (χ2v) is 11.5. The molecule has 8 nitrogen and oxygen atoms in total. The molecule has 2 aliphatic rings. The second kappa shape index (κ2) is 12.4. The molecule has 2 amide bonds. The number of nitrogens with zero attached hydrogens (tertiary/aromatic N) is 2. The molecule has 9 heteroatoms. The van der Waals surface area contributed by atoms with E-state index in [4.69, 9.17) is 11.6 Å². The topological polar surface area (TPSA) is 99.2 Å². The van der Waals surface area contributed by atoms with Crippen molar-refractivity contribution in [2.24, 2.45) is 0 Å². The zero-order valence-corrected chi connectivity index (χ0v) is 24.0. The normalized spacial score (nSPS) is 17.8. The van der Waals surface area contributed by atoms with Crippen molar-refractivity contribution < 1.29 is 9.59 Å². The van der Waals surface area contributed by atoms with Crippen molar-refractivity contribution in [3.8, 4) is 5.69 Å². The molecule has 2 atom stereocenters. The van der Waals surface area contributed by atoms with Crippen LogP contribution in [-0.2, 0) is 29.0 Å². The molecule has 2 aliphatic heterocycles. The van der Waals surface area contributed by atoms with Crippen molar-refractivity contribution >= 4 is 23.4 Å². The number of H-pyrrole nitrogens is 1. The highest BCUT2D eigenvalue weighted by molar-refractivity contribution is 6.30. The van der Waals surface area contributed by atoms with E-state index in [1.54, 1.807) is 29.1 Å². The fourth-order valence-corrected chi connectivity index (χ4v) is 6.29. The van der Waals surface area contributed by atoms with Gasteiger partial charge in [0.2, 0.25) is 11.8 Å². The lowest BCUT2D eigenvalue weighted by Gasteiger charge is -2.36. The Hall–Kier alpha value is -4.14. The van der Waals surface area contributed by atoms with E-state index in [9.17, 15) is 14.4 Å². The largest absolute Gasteiger partial charge is 0.343 e. The molecule has 216 valence electrons. The van der Waals surface area contributed by atoms with Crippen molar-refractivity contribution in [1.29, 1.82) is 0 Å². The Morgan fingerprint density at radius 3 is 2.40 bits per heavy atom. The molecule has 1 aromatic heterocycles. The van der Waals surface area contributed by atoms with Gasteiger partial charge in [-0.2, -0.15) is 0 Å². The van der Waals surface area contributed by atoms with E-state index in [0.717, 1.165) is 35.2 Å². The molecule has 0 saturated carbocycles. The van der Waals surface area contributed by atoms with Crippen molar-refractivity contribution in [3.05, 3.63) is 123 Å². The molecule has 0 aliphatic carbocycles. The van der Waals surface area contributed by atoms with E-state index >= 15 is 0 Å². The molecule has 2 unspecified atom stereocenters. The Kier molecular flexibility index (Phi) is 8.26. The number of rotatable bonds is 7. The predicted octanol–water partition coefficient (Wildman–Crippen LogP) is 3.97. The molecule has 3 aromatic carbocycles. The molecule has 6 rings (SSSR count). The number of nitrogens with one attached hydrogen (secondary N) is 3. The lowest BCUT2D eigenvalue weighted by molar-refractivity contribution is -0.137. The highest BCUT2D eigenvalue weighted by atomic mass is 35.5. The molecule has 0 spiro atoms. The van der Waals surface area contributed by atoms with E-state index in [2.05, 4.69) is 33.8 Å². The molecular formula is C33H34ClN5O3. The molecule has 4 aromatic rings. The van der Waals surface area contributed by atoms with Crippen LogP contribution in [0.15, 0.2) is 90.0 Å². The third-order valence-electron chi connectivity index (χ3n) is 8.46. The first-order valence-electron chi connectivity index (χ1n) is 14.5. The Labute approximate surface area is 249 Å². The summed E-state index contributed by atoms with van der Waals surface area (Å²) < 4.78 is 1.63. The first-order chi connectivity index (χ1) is 20.5. The average Bonchev–Trinajstić information content (AvgIpc) is 3.46. The van der Waals surface area contributed by atoms with Crippen LogP contribution in [0.1, 0.15) is 41.0 Å². The molecule has 1 fully saturated rings. The van der Waals surface area contributed by atoms with Gasteiger partial charge in [0.15, 0.2) is 0 Å². The number of piperidine rings is 1. The summed E-state index contributed by atoms with van der Waals surface area (Å²) >= 11 is 6.10. The number of benzene rings is 3. The van der Waals surface area contributed by atoms with Crippen LogP contribution in [0.2, 0.25) is 5.02 Å². The lowest BCUT2D eigenvalue weighted by Crippen LogP contribution is -2.56. The number of hydrogen-bond donors (Lipinski definition) is 3. The van der Waals surface area contributed by atoms with Gasteiger partial charge in [0.05, 0.1) is 11.7 Å². The van der Waals surface area contributed by atoms with Crippen LogP contribution in [0, 0.1) is 0 Å². The van der Waals surface area contributed by atoms with Gasteiger partial charge in [-0.25, -0.2) is 4.79 Å². The summed E-state index contributed by atoms with van der Waals surface area (Å²) in [6.07, 6.45) is 5.87. The Bertz CT molecular complexity index is 1620. The number of aromatic nitrogens is 2. The highest BCUT2D eigenvalue weighted by Gasteiger charge is 2.33. The fourth-order valence-electron chi connectivity index (χ4n) is 6.16. The minimum absolute atomic E-state index is 0.0805. The molecule has 1 saturated heterocycles. The number of carbonyl (C=O) groups is 2. The quantitative estimate of drug-likeness (QED) is 0.307. The predicted molar refractivity (Wildman–Crippen MR) is 163 cm³/mol. The monoisotopic (exact) mass is 583 g/mol. The van der Waals surface area contributed by atoms with Gasteiger partial charge in [-0.15, -0.1) is 0 Å². The fraction of sp³-hybridized carbons (Fsp3) is 0.303. The van der Waals surface area contributed by atoms with Gasteiger partial charge in [0, 0.05) is 43.5 Å². The Balaban J connectivity index is 1.16. The van der Waals surface area contributed by atoms with Crippen molar-refractivity contribution in [2.45, 2.75) is 50.2 Å². The molecule has 42 heavy (non-hydrogen) atoms. The summed E-state index contributed by atoms with van der Waals surface area (Å²) in [6, 6.07) is 22.4. The van der Waals surface area contributed by atoms with Crippen LogP contribution in [-0.4, -0.2) is 51.4 Å². The number of likely N-dealkylation sites (tertiary alicyclic amines) is 1.